The third kappa shape index (κ3) is 5.05. The van der Waals surface area contributed by atoms with Crippen LogP contribution in [0.25, 0.3) is 87.6 Å². The van der Waals surface area contributed by atoms with E-state index in [0.29, 0.717) is 5.54 Å². The summed E-state index contributed by atoms with van der Waals surface area (Å²) >= 11 is 0. The summed E-state index contributed by atoms with van der Waals surface area (Å²) in [6, 6.07) is 67.1. The molecule has 0 fully saturated rings. The summed E-state index contributed by atoms with van der Waals surface area (Å²) in [4.78, 5) is 0. The minimum atomic E-state index is -2.31. The maximum Gasteiger partial charge on any atom is 0.135 e. The first-order valence-electron chi connectivity index (χ1n) is 19.0. The molecule has 1 heterocycles. The molecule has 0 spiro atoms. The van der Waals surface area contributed by atoms with Crippen molar-refractivity contribution in [2.45, 2.75) is 25.9 Å². The van der Waals surface area contributed by atoms with E-state index < -0.39 is 8.07 Å². The van der Waals surface area contributed by atoms with E-state index in [1.807, 2.05) is 0 Å². The van der Waals surface area contributed by atoms with Gasteiger partial charge in [0.25, 0.3) is 0 Å². The van der Waals surface area contributed by atoms with Crippen molar-refractivity contribution in [1.29, 1.82) is 0 Å². The van der Waals surface area contributed by atoms with Gasteiger partial charge in [0.05, 0.1) is 0 Å². The van der Waals surface area contributed by atoms with Crippen LogP contribution in [-0.2, 0) is 0 Å². The maximum atomic E-state index is 6.84. The fraction of sp³-hybridized carbons (Fsp3) is 0.0769. The molecular formula is C52H40OSi. The van der Waals surface area contributed by atoms with Gasteiger partial charge in [-0.3, -0.25) is 0 Å². The molecule has 258 valence electrons. The highest BCUT2D eigenvalue weighted by Crippen LogP contribution is 2.45. The van der Waals surface area contributed by atoms with Crippen LogP contribution in [-0.4, -0.2) is 8.07 Å². The quantitative estimate of drug-likeness (QED) is 0.124. The largest absolute Gasteiger partial charge is 0.456 e. The van der Waals surface area contributed by atoms with Crippen LogP contribution >= 0.6 is 0 Å². The Morgan fingerprint density at radius 2 is 0.926 bits per heavy atom. The average molecular weight is 709 g/mol. The first-order valence-corrected chi connectivity index (χ1v) is 21.6. The van der Waals surface area contributed by atoms with E-state index in [-0.39, 0.29) is 0 Å². The van der Waals surface area contributed by atoms with Crippen LogP contribution in [0.3, 0.4) is 0 Å². The molecule has 1 atom stereocenters. The normalized spacial score (nSPS) is 13.0. The minimum absolute atomic E-state index is 0.444. The van der Waals surface area contributed by atoms with Gasteiger partial charge in [-0.1, -0.05) is 189 Å². The minimum Gasteiger partial charge on any atom is -0.456 e. The predicted octanol–water partition coefficient (Wildman–Crippen LogP) is 13.6. The van der Waals surface area contributed by atoms with Crippen molar-refractivity contribution in [1.82, 2.24) is 0 Å². The van der Waals surface area contributed by atoms with E-state index in [9.17, 15) is 0 Å². The van der Waals surface area contributed by atoms with Gasteiger partial charge in [-0.15, -0.1) is 0 Å². The molecule has 0 amide bonds. The SMILES string of the molecule is CC(C)[Si@@](C)(c1ccccc1)c1cc(-c2c3ccccc3c(-c3ccc(-c4ccc5ccccc5c4)cc3)c3ccccc23)cc2c1oc1ccccc12. The van der Waals surface area contributed by atoms with E-state index in [1.54, 1.807) is 0 Å². The van der Waals surface area contributed by atoms with E-state index in [2.05, 4.69) is 202 Å². The van der Waals surface area contributed by atoms with Crippen LogP contribution in [0.1, 0.15) is 13.8 Å². The molecular weight excluding hydrogens is 669 g/mol. The van der Waals surface area contributed by atoms with Gasteiger partial charge in [-0.05, 0) is 94.6 Å². The number of hydrogen-bond donors (Lipinski definition) is 0. The second-order valence-corrected chi connectivity index (χ2v) is 19.9. The fourth-order valence-corrected chi connectivity index (χ4v) is 12.5. The van der Waals surface area contributed by atoms with Crippen molar-refractivity contribution in [3.8, 4) is 33.4 Å². The van der Waals surface area contributed by atoms with Gasteiger partial charge in [-0.2, -0.15) is 0 Å². The van der Waals surface area contributed by atoms with E-state index in [4.69, 9.17) is 4.42 Å². The molecule has 0 aliphatic carbocycles. The van der Waals surface area contributed by atoms with Crippen molar-refractivity contribution in [2.75, 3.05) is 0 Å². The van der Waals surface area contributed by atoms with Crippen LogP contribution in [0.15, 0.2) is 186 Å². The van der Waals surface area contributed by atoms with Gasteiger partial charge in [0.2, 0.25) is 0 Å². The first-order chi connectivity index (χ1) is 26.5. The van der Waals surface area contributed by atoms with Crippen LogP contribution < -0.4 is 10.4 Å². The molecule has 0 saturated heterocycles. The summed E-state index contributed by atoms with van der Waals surface area (Å²) in [6.45, 7) is 7.32. The van der Waals surface area contributed by atoms with Gasteiger partial charge in [0.1, 0.15) is 19.2 Å². The zero-order valence-electron chi connectivity index (χ0n) is 30.8. The highest BCUT2D eigenvalue weighted by atomic mass is 28.3. The highest BCUT2D eigenvalue weighted by molar-refractivity contribution is 7.03. The number of hydrogen-bond acceptors (Lipinski definition) is 1. The molecule has 0 radical (unpaired) electrons. The fourth-order valence-electron chi connectivity index (χ4n) is 8.89. The number of fused-ring (bicyclic) bond motifs is 6. The molecule has 0 bridgehead atoms. The van der Waals surface area contributed by atoms with Gasteiger partial charge in [-0.25, -0.2) is 0 Å². The average Bonchev–Trinajstić information content (AvgIpc) is 3.61. The molecule has 54 heavy (non-hydrogen) atoms. The molecule has 0 aliphatic heterocycles. The Hall–Kier alpha value is -6.22. The van der Waals surface area contributed by atoms with Crippen LogP contribution in [0.4, 0.5) is 0 Å². The molecule has 2 heteroatoms. The summed E-state index contributed by atoms with van der Waals surface area (Å²) in [5, 5.41) is 12.7. The molecule has 0 N–H and O–H groups in total. The number of para-hydroxylation sites is 1. The van der Waals surface area contributed by atoms with E-state index >= 15 is 0 Å². The Morgan fingerprint density at radius 3 is 1.57 bits per heavy atom. The van der Waals surface area contributed by atoms with Gasteiger partial charge < -0.3 is 4.42 Å². The predicted molar refractivity (Wildman–Crippen MR) is 235 cm³/mol. The molecule has 0 saturated carbocycles. The Bertz CT molecular complexity index is 2970. The molecule has 1 nitrogen and oxygen atoms in total. The van der Waals surface area contributed by atoms with E-state index in [1.165, 1.54) is 86.8 Å². The molecule has 9 aromatic carbocycles. The Labute approximate surface area is 317 Å². The number of benzene rings is 9. The lowest BCUT2D eigenvalue weighted by Crippen LogP contribution is -2.58. The third-order valence-corrected chi connectivity index (χ3v) is 17.4. The van der Waals surface area contributed by atoms with Gasteiger partial charge in [0, 0.05) is 10.8 Å². The summed E-state index contributed by atoms with van der Waals surface area (Å²) in [5.41, 5.74) is 9.88. The Balaban J connectivity index is 1.23. The zero-order valence-corrected chi connectivity index (χ0v) is 31.8. The maximum absolute atomic E-state index is 6.84. The second kappa shape index (κ2) is 12.7. The van der Waals surface area contributed by atoms with Crippen molar-refractivity contribution < 1.29 is 4.42 Å². The smallest absolute Gasteiger partial charge is 0.135 e. The summed E-state index contributed by atoms with van der Waals surface area (Å²) in [5.74, 6) is 0. The van der Waals surface area contributed by atoms with Crippen molar-refractivity contribution >= 4 is 72.7 Å². The number of rotatable bonds is 6. The lowest BCUT2D eigenvalue weighted by atomic mass is 9.85. The summed E-state index contributed by atoms with van der Waals surface area (Å²) in [7, 11) is -2.31. The van der Waals surface area contributed by atoms with Crippen LogP contribution in [0.5, 0.6) is 0 Å². The molecule has 1 aromatic heterocycles. The molecule has 0 aliphatic rings. The van der Waals surface area contributed by atoms with Gasteiger partial charge >= 0.3 is 0 Å². The lowest BCUT2D eigenvalue weighted by Gasteiger charge is -2.33. The lowest BCUT2D eigenvalue weighted by molar-refractivity contribution is 0.671. The van der Waals surface area contributed by atoms with Gasteiger partial charge in [0.15, 0.2) is 0 Å². The van der Waals surface area contributed by atoms with Crippen molar-refractivity contribution in [2.24, 2.45) is 0 Å². The Kier molecular flexibility index (Phi) is 7.64. The number of furan rings is 1. The van der Waals surface area contributed by atoms with Crippen molar-refractivity contribution in [3.63, 3.8) is 0 Å². The van der Waals surface area contributed by atoms with Crippen LogP contribution in [0, 0.1) is 0 Å². The molecule has 0 unspecified atom stereocenters. The van der Waals surface area contributed by atoms with E-state index in [0.717, 1.165) is 11.2 Å². The molecule has 10 aromatic rings. The summed E-state index contributed by atoms with van der Waals surface area (Å²) < 4.78 is 6.84. The zero-order chi connectivity index (χ0) is 36.4. The van der Waals surface area contributed by atoms with Crippen molar-refractivity contribution in [3.05, 3.63) is 182 Å². The highest BCUT2D eigenvalue weighted by Gasteiger charge is 2.38. The second-order valence-electron chi connectivity index (χ2n) is 15.2. The standard InChI is InChI=1S/C52H40OSi/c1-34(2)54(3,41-17-5-4-6-18-41)49-33-40(32-47-42-19-13-14-24-48(42)53-52(47)49)51-45-22-11-9-20-43(45)50(44-21-10-12-23-46(44)51)37-28-25-36(26-29-37)39-30-27-35-15-7-8-16-38(35)31-39/h4-34H,1-3H3/t54-/m0/s1. The van der Waals surface area contributed by atoms with Crippen LogP contribution in [0.2, 0.25) is 12.1 Å². The first kappa shape index (κ1) is 32.4. The topological polar surface area (TPSA) is 13.1 Å². The monoisotopic (exact) mass is 708 g/mol. The summed E-state index contributed by atoms with van der Waals surface area (Å²) in [6.07, 6.45) is 0. The third-order valence-electron chi connectivity index (χ3n) is 12.0. The molecule has 10 rings (SSSR count). The Morgan fingerprint density at radius 1 is 0.407 bits per heavy atom.